The first-order chi connectivity index (χ1) is 12.2. The molecule has 2 aromatic rings. The molecule has 0 unspecified atom stereocenters. The van der Waals surface area contributed by atoms with Gasteiger partial charge in [-0.3, -0.25) is 9.10 Å². The summed E-state index contributed by atoms with van der Waals surface area (Å²) in [7, 11) is -2.02. The van der Waals surface area contributed by atoms with Gasteiger partial charge in [0.15, 0.2) is 0 Å². The third-order valence-electron chi connectivity index (χ3n) is 3.90. The average Bonchev–Trinajstić information content (AvgIpc) is 2.53. The maximum Gasteiger partial charge on any atom is 0.245 e. The molecule has 0 aliphatic rings. The number of hydrogen-bond acceptors (Lipinski definition) is 4. The minimum atomic E-state index is -3.61. The maximum absolute atomic E-state index is 12.5. The fraction of sp³-hybridized carbons (Fsp3) is 0.316. The molecule has 0 bridgehead atoms. The number of hydrogen-bond donors (Lipinski definition) is 1. The van der Waals surface area contributed by atoms with Gasteiger partial charge >= 0.3 is 0 Å². The molecular weight excluding hydrogens is 352 g/mol. The molecule has 1 amide bonds. The van der Waals surface area contributed by atoms with Crippen molar-refractivity contribution in [1.82, 2.24) is 0 Å². The largest absolute Gasteiger partial charge is 0.380 e. The number of ether oxygens (including phenoxy) is 1. The van der Waals surface area contributed by atoms with Gasteiger partial charge in [-0.1, -0.05) is 30.3 Å². The number of para-hydroxylation sites is 1. The summed E-state index contributed by atoms with van der Waals surface area (Å²) in [6.07, 6.45) is 1.10. The van der Waals surface area contributed by atoms with Crippen molar-refractivity contribution in [3.63, 3.8) is 0 Å². The van der Waals surface area contributed by atoms with Crippen LogP contribution in [0.15, 0.2) is 42.5 Å². The second kappa shape index (κ2) is 8.33. The lowest BCUT2D eigenvalue weighted by Crippen LogP contribution is -2.38. The molecule has 0 saturated carbocycles. The lowest BCUT2D eigenvalue weighted by molar-refractivity contribution is -0.114. The van der Waals surface area contributed by atoms with Gasteiger partial charge in [0.25, 0.3) is 0 Å². The molecule has 0 aliphatic heterocycles. The molecule has 0 fully saturated rings. The molecule has 26 heavy (non-hydrogen) atoms. The van der Waals surface area contributed by atoms with E-state index in [1.54, 1.807) is 19.2 Å². The third kappa shape index (κ3) is 5.06. The van der Waals surface area contributed by atoms with Gasteiger partial charge in [-0.15, -0.1) is 0 Å². The standard InChI is InChI=1S/C19H24N2O4S/c1-14-7-5-8-15(2)19(14)21(26(4,23)24)12-18(22)20-17-10-6-9-16(11-17)13-25-3/h5-11H,12-13H2,1-4H3,(H,20,22). The van der Waals surface area contributed by atoms with Gasteiger partial charge in [0.05, 0.1) is 18.6 Å². The fourth-order valence-electron chi connectivity index (χ4n) is 2.80. The van der Waals surface area contributed by atoms with Gasteiger partial charge in [0.1, 0.15) is 6.54 Å². The van der Waals surface area contributed by atoms with Crippen LogP contribution in [0.1, 0.15) is 16.7 Å². The predicted octanol–water partition coefficient (Wildman–Crippen LogP) is 2.85. The lowest BCUT2D eigenvalue weighted by atomic mass is 10.1. The third-order valence-corrected chi connectivity index (χ3v) is 5.01. The van der Waals surface area contributed by atoms with E-state index >= 15 is 0 Å². The first kappa shape index (κ1) is 19.9. The van der Waals surface area contributed by atoms with Gasteiger partial charge in [-0.2, -0.15) is 0 Å². The highest BCUT2D eigenvalue weighted by Gasteiger charge is 2.23. The second-order valence-corrected chi connectivity index (χ2v) is 8.10. The monoisotopic (exact) mass is 376 g/mol. The Bertz CT molecular complexity index is 874. The quantitative estimate of drug-likeness (QED) is 0.806. The number of amides is 1. The topological polar surface area (TPSA) is 75.7 Å². The number of benzene rings is 2. The number of sulfonamides is 1. The van der Waals surface area contributed by atoms with Gasteiger partial charge in [-0.25, -0.2) is 8.42 Å². The van der Waals surface area contributed by atoms with Crippen molar-refractivity contribution in [3.05, 3.63) is 59.2 Å². The summed E-state index contributed by atoms with van der Waals surface area (Å²) < 4.78 is 30.8. The smallest absolute Gasteiger partial charge is 0.245 e. The highest BCUT2D eigenvalue weighted by molar-refractivity contribution is 7.92. The molecule has 2 rings (SSSR count). The number of anilines is 2. The molecule has 0 aliphatic carbocycles. The van der Waals surface area contributed by atoms with Crippen molar-refractivity contribution in [2.75, 3.05) is 29.5 Å². The average molecular weight is 376 g/mol. The van der Waals surface area contributed by atoms with E-state index in [0.29, 0.717) is 18.0 Å². The Morgan fingerprint density at radius 3 is 2.31 bits per heavy atom. The van der Waals surface area contributed by atoms with Crippen molar-refractivity contribution in [2.45, 2.75) is 20.5 Å². The molecule has 6 nitrogen and oxygen atoms in total. The van der Waals surface area contributed by atoms with Crippen molar-refractivity contribution in [3.8, 4) is 0 Å². The molecule has 2 aromatic carbocycles. The van der Waals surface area contributed by atoms with E-state index in [-0.39, 0.29) is 6.54 Å². The molecule has 7 heteroatoms. The van der Waals surface area contributed by atoms with Crippen LogP contribution in [0.2, 0.25) is 0 Å². The first-order valence-electron chi connectivity index (χ1n) is 8.14. The number of carbonyl (C=O) groups excluding carboxylic acids is 1. The summed E-state index contributed by atoms with van der Waals surface area (Å²) in [4.78, 5) is 12.5. The Labute approximate surface area is 154 Å². The molecule has 0 heterocycles. The zero-order valence-corrected chi connectivity index (χ0v) is 16.3. The minimum absolute atomic E-state index is 0.293. The zero-order chi connectivity index (χ0) is 19.3. The van der Waals surface area contributed by atoms with Gasteiger partial charge in [0.2, 0.25) is 15.9 Å². The Kier molecular flexibility index (Phi) is 6.39. The number of carbonyl (C=O) groups is 1. The van der Waals surface area contributed by atoms with E-state index < -0.39 is 15.9 Å². The van der Waals surface area contributed by atoms with Crippen LogP contribution in [-0.2, 0) is 26.2 Å². The van der Waals surface area contributed by atoms with Crippen molar-refractivity contribution < 1.29 is 17.9 Å². The van der Waals surface area contributed by atoms with Gasteiger partial charge < -0.3 is 10.1 Å². The Balaban J connectivity index is 2.24. The van der Waals surface area contributed by atoms with E-state index in [0.717, 1.165) is 27.3 Å². The SMILES string of the molecule is COCc1cccc(NC(=O)CN(c2c(C)cccc2C)S(C)(=O)=O)c1. The summed E-state index contributed by atoms with van der Waals surface area (Å²) in [5.74, 6) is -0.410. The van der Waals surface area contributed by atoms with Crippen LogP contribution in [0.4, 0.5) is 11.4 Å². The number of rotatable bonds is 7. The number of aryl methyl sites for hydroxylation is 2. The maximum atomic E-state index is 12.5. The van der Waals surface area contributed by atoms with Crippen LogP contribution in [0.3, 0.4) is 0 Å². The second-order valence-electron chi connectivity index (χ2n) is 6.19. The Hall–Kier alpha value is -2.38. The summed E-state index contributed by atoms with van der Waals surface area (Å²) in [6.45, 7) is 3.79. The van der Waals surface area contributed by atoms with E-state index in [1.165, 1.54) is 0 Å². The van der Waals surface area contributed by atoms with Crippen LogP contribution in [0.25, 0.3) is 0 Å². The molecule has 0 spiro atoms. The molecular formula is C19H24N2O4S. The molecule has 0 atom stereocenters. The van der Waals surface area contributed by atoms with Crippen LogP contribution in [0.5, 0.6) is 0 Å². The van der Waals surface area contributed by atoms with Crippen LogP contribution in [0, 0.1) is 13.8 Å². The van der Waals surface area contributed by atoms with Crippen molar-refractivity contribution in [1.29, 1.82) is 0 Å². The summed E-state index contributed by atoms with van der Waals surface area (Å²) >= 11 is 0. The number of methoxy groups -OCH3 is 1. The molecule has 0 radical (unpaired) electrons. The predicted molar refractivity (Wildman–Crippen MR) is 104 cm³/mol. The Morgan fingerprint density at radius 1 is 1.12 bits per heavy atom. The minimum Gasteiger partial charge on any atom is -0.380 e. The highest BCUT2D eigenvalue weighted by Crippen LogP contribution is 2.26. The summed E-state index contributed by atoms with van der Waals surface area (Å²) in [6, 6.07) is 12.8. The Morgan fingerprint density at radius 2 is 1.73 bits per heavy atom. The van der Waals surface area contributed by atoms with Gasteiger partial charge in [0, 0.05) is 12.8 Å². The number of nitrogens with one attached hydrogen (secondary N) is 1. The summed E-state index contributed by atoms with van der Waals surface area (Å²) in [5, 5.41) is 2.75. The zero-order valence-electron chi connectivity index (χ0n) is 15.4. The summed E-state index contributed by atoms with van der Waals surface area (Å²) in [5.41, 5.74) is 3.65. The van der Waals surface area contributed by atoms with E-state index in [1.807, 2.05) is 44.2 Å². The van der Waals surface area contributed by atoms with E-state index in [4.69, 9.17) is 4.74 Å². The molecule has 1 N–H and O–H groups in total. The van der Waals surface area contributed by atoms with Crippen molar-refractivity contribution >= 4 is 27.3 Å². The van der Waals surface area contributed by atoms with Crippen LogP contribution in [-0.4, -0.2) is 34.2 Å². The van der Waals surface area contributed by atoms with Crippen LogP contribution >= 0.6 is 0 Å². The first-order valence-corrected chi connectivity index (χ1v) is 9.99. The normalized spacial score (nSPS) is 11.2. The fourth-order valence-corrected chi connectivity index (χ4v) is 3.77. The molecule has 0 aromatic heterocycles. The highest BCUT2D eigenvalue weighted by atomic mass is 32.2. The molecule has 0 saturated heterocycles. The van der Waals surface area contributed by atoms with E-state index in [9.17, 15) is 13.2 Å². The van der Waals surface area contributed by atoms with Crippen LogP contribution < -0.4 is 9.62 Å². The number of nitrogens with zero attached hydrogens (tertiary/aromatic N) is 1. The van der Waals surface area contributed by atoms with Crippen molar-refractivity contribution in [2.24, 2.45) is 0 Å². The molecule has 140 valence electrons. The van der Waals surface area contributed by atoms with E-state index in [2.05, 4.69) is 5.32 Å². The lowest BCUT2D eigenvalue weighted by Gasteiger charge is -2.25. The van der Waals surface area contributed by atoms with Gasteiger partial charge in [-0.05, 0) is 42.7 Å².